The molecule has 0 aromatic carbocycles. The van der Waals surface area contributed by atoms with E-state index in [0.717, 1.165) is 13.0 Å². The summed E-state index contributed by atoms with van der Waals surface area (Å²) in [5, 5.41) is 6.07. The number of hydrogen-bond donors (Lipinski definition) is 2. The summed E-state index contributed by atoms with van der Waals surface area (Å²) in [6.45, 7) is 3.62. The summed E-state index contributed by atoms with van der Waals surface area (Å²) in [5.41, 5.74) is 0. The Kier molecular flexibility index (Phi) is 4.08. The van der Waals surface area contributed by atoms with E-state index < -0.39 is 0 Å². The van der Waals surface area contributed by atoms with E-state index in [0.29, 0.717) is 12.6 Å². The second kappa shape index (κ2) is 5.14. The van der Waals surface area contributed by atoms with E-state index in [9.17, 15) is 4.79 Å². The average molecular weight is 170 g/mol. The van der Waals surface area contributed by atoms with E-state index in [2.05, 4.69) is 17.6 Å². The standard InChI is InChI=1S/C9H18N2O/c1-2-3-4-5-8-6-10-7-9(12)11-8/h8,10H,2-7H2,1H3,(H,11,12). The first-order valence-corrected chi connectivity index (χ1v) is 4.83. The normalized spacial score (nSPS) is 23.8. The summed E-state index contributed by atoms with van der Waals surface area (Å²) in [6, 6.07) is 0.373. The van der Waals surface area contributed by atoms with Crippen molar-refractivity contribution in [3.63, 3.8) is 0 Å². The fraction of sp³-hybridized carbons (Fsp3) is 0.889. The summed E-state index contributed by atoms with van der Waals surface area (Å²) in [4.78, 5) is 10.9. The lowest BCUT2D eigenvalue weighted by atomic mass is 10.1. The third-order valence-corrected chi connectivity index (χ3v) is 2.20. The molecule has 0 aromatic heterocycles. The Morgan fingerprint density at radius 2 is 2.33 bits per heavy atom. The van der Waals surface area contributed by atoms with E-state index >= 15 is 0 Å². The van der Waals surface area contributed by atoms with Crippen molar-refractivity contribution in [1.29, 1.82) is 0 Å². The van der Waals surface area contributed by atoms with Crippen LogP contribution in [0.25, 0.3) is 0 Å². The van der Waals surface area contributed by atoms with Crippen molar-refractivity contribution in [2.24, 2.45) is 0 Å². The van der Waals surface area contributed by atoms with Crippen LogP contribution < -0.4 is 10.6 Å². The first-order chi connectivity index (χ1) is 5.83. The molecule has 1 aliphatic heterocycles. The molecule has 2 N–H and O–H groups in total. The fourth-order valence-electron chi connectivity index (χ4n) is 1.50. The van der Waals surface area contributed by atoms with Crippen LogP contribution in [0.3, 0.4) is 0 Å². The predicted molar refractivity (Wildman–Crippen MR) is 48.9 cm³/mol. The Morgan fingerprint density at radius 1 is 1.50 bits per heavy atom. The van der Waals surface area contributed by atoms with Gasteiger partial charge in [-0.05, 0) is 6.42 Å². The number of unbranched alkanes of at least 4 members (excludes halogenated alkanes) is 2. The summed E-state index contributed by atoms with van der Waals surface area (Å²) < 4.78 is 0. The van der Waals surface area contributed by atoms with Crippen LogP contribution in [0.1, 0.15) is 32.6 Å². The maximum Gasteiger partial charge on any atom is 0.234 e. The quantitative estimate of drug-likeness (QED) is 0.608. The van der Waals surface area contributed by atoms with Crippen molar-refractivity contribution < 1.29 is 4.79 Å². The molecule has 1 atom stereocenters. The molecule has 70 valence electrons. The second-order valence-electron chi connectivity index (χ2n) is 3.39. The largest absolute Gasteiger partial charge is 0.351 e. The number of carbonyl (C=O) groups excluding carboxylic acids is 1. The SMILES string of the molecule is CCCCCC1CNCC(=O)N1. The zero-order valence-electron chi connectivity index (χ0n) is 7.73. The maximum atomic E-state index is 10.9. The highest BCUT2D eigenvalue weighted by Gasteiger charge is 2.16. The van der Waals surface area contributed by atoms with Gasteiger partial charge >= 0.3 is 0 Å². The molecule has 0 bridgehead atoms. The highest BCUT2D eigenvalue weighted by molar-refractivity contribution is 5.79. The summed E-state index contributed by atoms with van der Waals surface area (Å²) >= 11 is 0. The van der Waals surface area contributed by atoms with Gasteiger partial charge in [0.25, 0.3) is 0 Å². The number of piperazine rings is 1. The minimum Gasteiger partial charge on any atom is -0.351 e. The van der Waals surface area contributed by atoms with Crippen molar-refractivity contribution >= 4 is 5.91 Å². The van der Waals surface area contributed by atoms with Gasteiger partial charge in [-0.25, -0.2) is 0 Å². The van der Waals surface area contributed by atoms with Crippen molar-refractivity contribution in [1.82, 2.24) is 10.6 Å². The molecule has 0 spiro atoms. The van der Waals surface area contributed by atoms with E-state index in [1.807, 2.05) is 0 Å². The summed E-state index contributed by atoms with van der Waals surface area (Å²) in [6.07, 6.45) is 4.86. The van der Waals surface area contributed by atoms with Crippen molar-refractivity contribution in [2.45, 2.75) is 38.6 Å². The number of nitrogens with one attached hydrogen (secondary N) is 2. The first-order valence-electron chi connectivity index (χ1n) is 4.83. The highest BCUT2D eigenvalue weighted by Crippen LogP contribution is 2.03. The first kappa shape index (κ1) is 9.52. The summed E-state index contributed by atoms with van der Waals surface area (Å²) in [5.74, 6) is 0.141. The van der Waals surface area contributed by atoms with E-state index in [1.165, 1.54) is 19.3 Å². The van der Waals surface area contributed by atoms with E-state index in [-0.39, 0.29) is 5.91 Å². The molecule has 1 rings (SSSR count). The molecule has 1 fully saturated rings. The molecule has 12 heavy (non-hydrogen) atoms. The molecule has 1 amide bonds. The van der Waals surface area contributed by atoms with Gasteiger partial charge < -0.3 is 10.6 Å². The van der Waals surface area contributed by atoms with Crippen LogP contribution in [0, 0.1) is 0 Å². The third kappa shape index (κ3) is 3.22. The third-order valence-electron chi connectivity index (χ3n) is 2.20. The van der Waals surface area contributed by atoms with Gasteiger partial charge in [-0.2, -0.15) is 0 Å². The van der Waals surface area contributed by atoms with Gasteiger partial charge in [0.1, 0.15) is 0 Å². The molecule has 3 heteroatoms. The number of hydrogen-bond acceptors (Lipinski definition) is 2. The van der Waals surface area contributed by atoms with Gasteiger partial charge in [-0.1, -0.05) is 26.2 Å². The molecule has 0 saturated carbocycles. The molecule has 0 aromatic rings. The van der Waals surface area contributed by atoms with Gasteiger partial charge in [-0.15, -0.1) is 0 Å². The van der Waals surface area contributed by atoms with Crippen LogP contribution in [-0.2, 0) is 4.79 Å². The Balaban J connectivity index is 2.10. The zero-order chi connectivity index (χ0) is 8.81. The molecule has 1 heterocycles. The van der Waals surface area contributed by atoms with Gasteiger partial charge in [0.15, 0.2) is 0 Å². The van der Waals surface area contributed by atoms with Gasteiger partial charge in [0, 0.05) is 12.6 Å². The molecular formula is C9H18N2O. The van der Waals surface area contributed by atoms with Gasteiger partial charge in [-0.3, -0.25) is 4.79 Å². The van der Waals surface area contributed by atoms with Crippen LogP contribution in [0.15, 0.2) is 0 Å². The molecule has 3 nitrogen and oxygen atoms in total. The minimum absolute atomic E-state index is 0.141. The Hall–Kier alpha value is -0.570. The van der Waals surface area contributed by atoms with E-state index in [1.54, 1.807) is 0 Å². The van der Waals surface area contributed by atoms with Crippen molar-refractivity contribution in [3.05, 3.63) is 0 Å². The maximum absolute atomic E-state index is 10.9. The number of rotatable bonds is 4. The monoisotopic (exact) mass is 170 g/mol. The van der Waals surface area contributed by atoms with Gasteiger partial charge in [0.2, 0.25) is 5.91 Å². The van der Waals surface area contributed by atoms with Crippen LogP contribution >= 0.6 is 0 Å². The topological polar surface area (TPSA) is 41.1 Å². The number of carbonyl (C=O) groups is 1. The Labute approximate surface area is 73.9 Å². The Bertz CT molecular complexity index is 147. The second-order valence-corrected chi connectivity index (χ2v) is 3.39. The lowest BCUT2D eigenvalue weighted by Gasteiger charge is -2.23. The summed E-state index contributed by atoms with van der Waals surface area (Å²) in [7, 11) is 0. The van der Waals surface area contributed by atoms with Crippen LogP contribution in [0.4, 0.5) is 0 Å². The predicted octanol–water partition coefficient (Wildman–Crippen LogP) is 0.655. The average Bonchev–Trinajstić information content (AvgIpc) is 2.05. The van der Waals surface area contributed by atoms with Gasteiger partial charge in [0.05, 0.1) is 6.54 Å². The number of amides is 1. The van der Waals surface area contributed by atoms with Crippen molar-refractivity contribution in [3.8, 4) is 0 Å². The van der Waals surface area contributed by atoms with Crippen LogP contribution in [0.5, 0.6) is 0 Å². The lowest BCUT2D eigenvalue weighted by Crippen LogP contribution is -2.51. The fourth-order valence-corrected chi connectivity index (χ4v) is 1.50. The molecule has 0 aliphatic carbocycles. The lowest BCUT2D eigenvalue weighted by molar-refractivity contribution is -0.122. The molecular weight excluding hydrogens is 152 g/mol. The zero-order valence-corrected chi connectivity index (χ0v) is 7.73. The van der Waals surface area contributed by atoms with E-state index in [4.69, 9.17) is 0 Å². The molecule has 1 aliphatic rings. The van der Waals surface area contributed by atoms with Crippen LogP contribution in [-0.4, -0.2) is 25.0 Å². The van der Waals surface area contributed by atoms with Crippen LogP contribution in [0.2, 0.25) is 0 Å². The Morgan fingerprint density at radius 3 is 3.00 bits per heavy atom. The molecule has 1 unspecified atom stereocenters. The molecule has 0 radical (unpaired) electrons. The van der Waals surface area contributed by atoms with Crippen molar-refractivity contribution in [2.75, 3.05) is 13.1 Å². The molecule has 1 saturated heterocycles. The minimum atomic E-state index is 0.141. The highest BCUT2D eigenvalue weighted by atomic mass is 16.2. The smallest absolute Gasteiger partial charge is 0.234 e.